The standard InChI is InChI=1S/C25H26N2O3S/c1-14(2)23-20(25-26-18-8-4-5-9-19(18)31-25)22(29)17-12-16(13-27-10-6-7-11-27)21(28)15(3)24(17)30-23/h4-5,8-9,12,14,28H,6-7,10-11,13H2,1-3H3. The molecule has 1 aliphatic heterocycles. The van der Waals surface area contributed by atoms with Gasteiger partial charge in [0, 0.05) is 23.6 Å². The van der Waals surface area contributed by atoms with Gasteiger partial charge in [-0.25, -0.2) is 4.98 Å². The van der Waals surface area contributed by atoms with E-state index in [9.17, 15) is 9.90 Å². The summed E-state index contributed by atoms with van der Waals surface area (Å²) in [6.45, 7) is 8.54. The second kappa shape index (κ2) is 7.77. The molecule has 0 bridgehead atoms. The topological polar surface area (TPSA) is 66.6 Å². The molecule has 2 aromatic carbocycles. The molecule has 0 radical (unpaired) electrons. The summed E-state index contributed by atoms with van der Waals surface area (Å²) in [7, 11) is 0. The predicted octanol–water partition coefficient (Wildman–Crippen LogP) is 5.80. The maximum absolute atomic E-state index is 13.8. The van der Waals surface area contributed by atoms with E-state index in [1.54, 1.807) is 0 Å². The summed E-state index contributed by atoms with van der Waals surface area (Å²) in [6, 6.07) is 9.73. The van der Waals surface area contributed by atoms with Crippen molar-refractivity contribution in [3.05, 3.63) is 57.4 Å². The van der Waals surface area contributed by atoms with E-state index in [4.69, 9.17) is 9.40 Å². The summed E-state index contributed by atoms with van der Waals surface area (Å²) in [5, 5.41) is 12.1. The quantitative estimate of drug-likeness (QED) is 0.439. The first-order valence-corrected chi connectivity index (χ1v) is 11.7. The van der Waals surface area contributed by atoms with Crippen LogP contribution in [0.2, 0.25) is 0 Å². The molecule has 3 heterocycles. The minimum absolute atomic E-state index is 0.00457. The molecule has 6 heteroatoms. The lowest BCUT2D eigenvalue weighted by Gasteiger charge is -2.18. The van der Waals surface area contributed by atoms with Gasteiger partial charge in [0.1, 0.15) is 22.1 Å². The normalized spacial score (nSPS) is 15.0. The number of hydrogen-bond acceptors (Lipinski definition) is 6. The fraction of sp³-hybridized carbons (Fsp3) is 0.360. The highest BCUT2D eigenvalue weighted by atomic mass is 32.1. The minimum atomic E-state index is -0.0743. The Hall–Kier alpha value is -2.70. The van der Waals surface area contributed by atoms with Crippen LogP contribution in [0.3, 0.4) is 0 Å². The lowest BCUT2D eigenvalue weighted by Crippen LogP contribution is -2.19. The van der Waals surface area contributed by atoms with Crippen LogP contribution in [0.5, 0.6) is 5.75 Å². The van der Waals surface area contributed by atoms with E-state index in [1.165, 1.54) is 24.2 Å². The van der Waals surface area contributed by atoms with Crippen LogP contribution in [0.25, 0.3) is 31.8 Å². The third-order valence-electron chi connectivity index (χ3n) is 6.12. The average molecular weight is 435 g/mol. The van der Waals surface area contributed by atoms with E-state index in [1.807, 2.05) is 51.1 Å². The van der Waals surface area contributed by atoms with Crippen LogP contribution in [0.1, 0.15) is 49.5 Å². The Labute approximate surface area is 185 Å². The number of likely N-dealkylation sites (tertiary alicyclic amines) is 1. The number of aromatic hydroxyl groups is 1. The fourth-order valence-corrected chi connectivity index (χ4v) is 5.47. The molecule has 0 saturated carbocycles. The summed E-state index contributed by atoms with van der Waals surface area (Å²) >= 11 is 1.51. The molecule has 1 saturated heterocycles. The van der Waals surface area contributed by atoms with Gasteiger partial charge in [0.05, 0.1) is 21.2 Å². The zero-order valence-electron chi connectivity index (χ0n) is 18.1. The van der Waals surface area contributed by atoms with Crippen molar-refractivity contribution in [3.8, 4) is 16.3 Å². The minimum Gasteiger partial charge on any atom is -0.507 e. The van der Waals surface area contributed by atoms with Gasteiger partial charge in [0.2, 0.25) is 5.43 Å². The molecule has 0 aliphatic carbocycles. The molecular formula is C25H26N2O3S. The van der Waals surface area contributed by atoms with Gasteiger partial charge in [-0.05, 0) is 51.1 Å². The molecule has 1 aliphatic rings. The molecule has 160 valence electrons. The fourth-order valence-electron chi connectivity index (χ4n) is 4.46. The van der Waals surface area contributed by atoms with Crippen LogP contribution in [-0.4, -0.2) is 28.1 Å². The number of benzene rings is 2. The van der Waals surface area contributed by atoms with Gasteiger partial charge < -0.3 is 9.52 Å². The Morgan fingerprint density at radius 1 is 1.23 bits per heavy atom. The Morgan fingerprint density at radius 3 is 2.68 bits per heavy atom. The lowest BCUT2D eigenvalue weighted by molar-refractivity contribution is 0.324. The summed E-state index contributed by atoms with van der Waals surface area (Å²) < 4.78 is 7.36. The molecular weight excluding hydrogens is 408 g/mol. The third kappa shape index (κ3) is 3.44. The number of phenolic OH excluding ortho intramolecular Hbond substituents is 1. The molecule has 0 spiro atoms. The maximum Gasteiger partial charge on any atom is 0.203 e. The van der Waals surface area contributed by atoms with Crippen LogP contribution < -0.4 is 5.43 Å². The molecule has 5 rings (SSSR count). The van der Waals surface area contributed by atoms with Crippen molar-refractivity contribution >= 4 is 32.5 Å². The van der Waals surface area contributed by atoms with E-state index in [2.05, 4.69) is 4.90 Å². The van der Waals surface area contributed by atoms with Crippen LogP contribution in [0, 0.1) is 6.92 Å². The Morgan fingerprint density at radius 2 is 1.97 bits per heavy atom. The van der Waals surface area contributed by atoms with Gasteiger partial charge in [-0.15, -0.1) is 11.3 Å². The van der Waals surface area contributed by atoms with Crippen LogP contribution in [-0.2, 0) is 6.54 Å². The summed E-state index contributed by atoms with van der Waals surface area (Å²) in [5.74, 6) is 0.848. The SMILES string of the molecule is Cc1c(O)c(CN2CCCC2)cc2c(=O)c(-c3nc4ccccc4s3)c(C(C)C)oc12. The zero-order chi connectivity index (χ0) is 21.7. The summed E-state index contributed by atoms with van der Waals surface area (Å²) in [5.41, 5.74) is 3.23. The van der Waals surface area contributed by atoms with E-state index in [0.717, 1.165) is 28.9 Å². The van der Waals surface area contributed by atoms with Gasteiger partial charge in [0.15, 0.2) is 0 Å². The Kier molecular flexibility index (Phi) is 5.07. The molecule has 31 heavy (non-hydrogen) atoms. The predicted molar refractivity (Wildman–Crippen MR) is 126 cm³/mol. The molecule has 0 atom stereocenters. The average Bonchev–Trinajstić information content (AvgIpc) is 3.41. The molecule has 5 nitrogen and oxygen atoms in total. The van der Waals surface area contributed by atoms with E-state index in [0.29, 0.717) is 39.4 Å². The van der Waals surface area contributed by atoms with Gasteiger partial charge >= 0.3 is 0 Å². The number of nitrogens with zero attached hydrogens (tertiary/aromatic N) is 2. The monoisotopic (exact) mass is 434 g/mol. The summed E-state index contributed by atoms with van der Waals surface area (Å²) in [4.78, 5) is 20.9. The van der Waals surface area contributed by atoms with Crippen LogP contribution >= 0.6 is 11.3 Å². The molecule has 4 aromatic rings. The summed E-state index contributed by atoms with van der Waals surface area (Å²) in [6.07, 6.45) is 2.35. The van der Waals surface area contributed by atoms with Crippen molar-refractivity contribution in [1.29, 1.82) is 0 Å². The number of fused-ring (bicyclic) bond motifs is 2. The van der Waals surface area contributed by atoms with Crippen LogP contribution in [0.4, 0.5) is 0 Å². The van der Waals surface area contributed by atoms with Crippen molar-refractivity contribution in [2.45, 2.75) is 46.1 Å². The molecule has 2 aromatic heterocycles. The van der Waals surface area contributed by atoms with E-state index >= 15 is 0 Å². The van der Waals surface area contributed by atoms with Gasteiger partial charge in [0.25, 0.3) is 0 Å². The second-order valence-corrected chi connectivity index (χ2v) is 9.71. The molecule has 1 N–H and O–H groups in total. The van der Waals surface area contributed by atoms with Crippen molar-refractivity contribution in [2.75, 3.05) is 13.1 Å². The molecule has 0 amide bonds. The molecule has 0 unspecified atom stereocenters. The van der Waals surface area contributed by atoms with Crippen LogP contribution in [0.15, 0.2) is 39.5 Å². The zero-order valence-corrected chi connectivity index (χ0v) is 18.9. The third-order valence-corrected chi connectivity index (χ3v) is 7.17. The van der Waals surface area contributed by atoms with E-state index in [-0.39, 0.29) is 17.1 Å². The highest BCUT2D eigenvalue weighted by molar-refractivity contribution is 7.21. The number of aromatic nitrogens is 1. The lowest BCUT2D eigenvalue weighted by atomic mass is 9.99. The van der Waals surface area contributed by atoms with Gasteiger partial charge in [-0.3, -0.25) is 9.69 Å². The smallest absolute Gasteiger partial charge is 0.203 e. The first kappa shape index (κ1) is 20.2. The van der Waals surface area contributed by atoms with Crippen molar-refractivity contribution in [2.24, 2.45) is 0 Å². The number of aryl methyl sites for hydroxylation is 1. The largest absolute Gasteiger partial charge is 0.507 e. The van der Waals surface area contributed by atoms with E-state index < -0.39 is 0 Å². The van der Waals surface area contributed by atoms with Gasteiger partial charge in [-0.2, -0.15) is 0 Å². The van der Waals surface area contributed by atoms with Crippen molar-refractivity contribution < 1.29 is 9.52 Å². The molecule has 1 fully saturated rings. The van der Waals surface area contributed by atoms with Crippen molar-refractivity contribution in [3.63, 3.8) is 0 Å². The highest BCUT2D eigenvalue weighted by Gasteiger charge is 2.25. The number of hydrogen-bond donors (Lipinski definition) is 1. The number of rotatable bonds is 4. The number of thiazole rings is 1. The number of phenols is 1. The first-order valence-electron chi connectivity index (χ1n) is 10.8. The Bertz CT molecular complexity index is 1310. The highest BCUT2D eigenvalue weighted by Crippen LogP contribution is 2.38. The Balaban J connectivity index is 1.76. The van der Waals surface area contributed by atoms with Gasteiger partial charge in [-0.1, -0.05) is 26.0 Å². The maximum atomic E-state index is 13.8. The van der Waals surface area contributed by atoms with Crippen molar-refractivity contribution in [1.82, 2.24) is 9.88 Å². The number of para-hydroxylation sites is 1. The second-order valence-electron chi connectivity index (χ2n) is 8.68. The first-order chi connectivity index (χ1) is 14.9.